The van der Waals surface area contributed by atoms with Crippen molar-refractivity contribution in [2.75, 3.05) is 19.8 Å². The van der Waals surface area contributed by atoms with Crippen molar-refractivity contribution >= 4 is 17.9 Å². The van der Waals surface area contributed by atoms with Crippen LogP contribution in [0.4, 0.5) is 4.79 Å². The van der Waals surface area contributed by atoms with E-state index in [-0.39, 0.29) is 25.5 Å². The standard InChI is InChI=1S/C34H63N3O8/c1-3-5-7-9-11-13-15-17-19-21-23-35-32(42)26(36-28(38)22-20-18-16-14-12-10-8-6-4-2)24-44-33-31(41)30(40)29(39)27-25-45-34(43)37(27)33/h26-27,29-31,33,39-41H,3-25H2,1-2H3,(H,35,42)(H,36,38)/t26-,27+,29+,30-,31+,33+/m0/s1. The maximum absolute atomic E-state index is 13.2. The Kier molecular flexibility index (Phi) is 20.4. The number of fused-ring (bicyclic) bond motifs is 1. The van der Waals surface area contributed by atoms with Crippen LogP contribution < -0.4 is 10.6 Å². The van der Waals surface area contributed by atoms with Crippen LogP contribution in [-0.4, -0.2) is 94.5 Å². The van der Waals surface area contributed by atoms with Gasteiger partial charge >= 0.3 is 6.09 Å². The molecule has 2 aliphatic rings. The molecule has 262 valence electrons. The van der Waals surface area contributed by atoms with E-state index >= 15 is 0 Å². The number of amides is 3. The predicted octanol–water partition coefficient (Wildman–Crippen LogP) is 4.69. The number of carbonyl (C=O) groups excluding carboxylic acids is 3. The summed E-state index contributed by atoms with van der Waals surface area (Å²) in [5, 5.41) is 36.9. The minimum absolute atomic E-state index is 0.151. The van der Waals surface area contributed by atoms with Crippen LogP contribution >= 0.6 is 0 Å². The number of cyclic esters (lactones) is 1. The highest BCUT2D eigenvalue weighted by molar-refractivity contribution is 5.87. The highest BCUT2D eigenvalue weighted by Gasteiger charge is 2.54. The van der Waals surface area contributed by atoms with Crippen LogP contribution in [0.25, 0.3) is 0 Å². The molecular formula is C34H63N3O8. The molecule has 0 aromatic heterocycles. The molecule has 0 radical (unpaired) electrons. The van der Waals surface area contributed by atoms with Gasteiger partial charge in [-0.1, -0.05) is 123 Å². The number of rotatable bonds is 26. The molecule has 0 spiro atoms. The first-order valence-electron chi connectivity index (χ1n) is 18.0. The highest BCUT2D eigenvalue weighted by Crippen LogP contribution is 2.30. The van der Waals surface area contributed by atoms with E-state index in [1.54, 1.807) is 0 Å². The molecule has 11 nitrogen and oxygen atoms in total. The van der Waals surface area contributed by atoms with Gasteiger partial charge < -0.3 is 35.4 Å². The molecule has 3 amide bonds. The Morgan fingerprint density at radius 1 is 0.778 bits per heavy atom. The van der Waals surface area contributed by atoms with Crippen LogP contribution in [-0.2, 0) is 19.1 Å². The van der Waals surface area contributed by atoms with E-state index in [1.165, 1.54) is 77.0 Å². The summed E-state index contributed by atoms with van der Waals surface area (Å²) in [5.41, 5.74) is 0. The molecule has 2 fully saturated rings. The van der Waals surface area contributed by atoms with E-state index in [0.717, 1.165) is 49.8 Å². The number of nitrogens with zero attached hydrogens (tertiary/aromatic N) is 1. The van der Waals surface area contributed by atoms with Gasteiger partial charge in [-0.3, -0.25) is 14.5 Å². The molecule has 5 N–H and O–H groups in total. The second-order valence-corrected chi connectivity index (χ2v) is 12.9. The molecule has 0 aromatic rings. The number of hydrogen-bond acceptors (Lipinski definition) is 8. The fraction of sp³-hybridized carbons (Fsp3) is 0.912. The number of nitrogens with one attached hydrogen (secondary N) is 2. The lowest BCUT2D eigenvalue weighted by molar-refractivity contribution is -0.212. The van der Waals surface area contributed by atoms with Gasteiger partial charge in [0.2, 0.25) is 11.8 Å². The average Bonchev–Trinajstić information content (AvgIpc) is 3.42. The van der Waals surface area contributed by atoms with Crippen molar-refractivity contribution in [2.45, 2.75) is 179 Å². The van der Waals surface area contributed by atoms with Gasteiger partial charge in [0.1, 0.15) is 37.0 Å². The quantitative estimate of drug-likeness (QED) is 0.0852. The van der Waals surface area contributed by atoms with Crippen molar-refractivity contribution in [3.05, 3.63) is 0 Å². The SMILES string of the molecule is CCCCCCCCCCCCNC(=O)[C@H](CO[C@@H]1[C@H](O)[C@@H](O)[C@H](O)[C@H]2COC(=O)N21)NC(=O)CCCCCCCCCCC. The van der Waals surface area contributed by atoms with Crippen LogP contribution in [0.5, 0.6) is 0 Å². The van der Waals surface area contributed by atoms with Gasteiger partial charge in [0, 0.05) is 13.0 Å². The molecule has 0 aromatic carbocycles. The molecule has 0 aliphatic carbocycles. The van der Waals surface area contributed by atoms with Crippen molar-refractivity contribution in [3.8, 4) is 0 Å². The maximum Gasteiger partial charge on any atom is 0.412 e. The fourth-order valence-corrected chi connectivity index (χ4v) is 6.13. The Bertz CT molecular complexity index is 831. The lowest BCUT2D eigenvalue weighted by atomic mass is 9.94. The Hall–Kier alpha value is -1.95. The number of aliphatic hydroxyl groups excluding tert-OH is 3. The zero-order chi connectivity index (χ0) is 32.9. The summed E-state index contributed by atoms with van der Waals surface area (Å²) in [7, 11) is 0. The van der Waals surface area contributed by atoms with Crippen molar-refractivity contribution in [1.29, 1.82) is 0 Å². The molecule has 0 unspecified atom stereocenters. The number of carbonyl (C=O) groups is 3. The molecule has 6 atom stereocenters. The Balaban J connectivity index is 1.82. The average molecular weight is 642 g/mol. The summed E-state index contributed by atoms with van der Waals surface area (Å²) in [6.45, 7) is 4.42. The lowest BCUT2D eigenvalue weighted by Gasteiger charge is -2.43. The molecular weight excluding hydrogens is 578 g/mol. The summed E-state index contributed by atoms with van der Waals surface area (Å²) < 4.78 is 10.8. The van der Waals surface area contributed by atoms with Crippen molar-refractivity contribution in [1.82, 2.24) is 15.5 Å². The van der Waals surface area contributed by atoms with E-state index in [4.69, 9.17) is 9.47 Å². The number of piperidine rings is 1. The number of ether oxygens (including phenoxy) is 2. The van der Waals surface area contributed by atoms with E-state index in [1.807, 2.05) is 0 Å². The molecule has 0 bridgehead atoms. The summed E-state index contributed by atoms with van der Waals surface area (Å²) >= 11 is 0. The van der Waals surface area contributed by atoms with E-state index in [9.17, 15) is 29.7 Å². The summed E-state index contributed by atoms with van der Waals surface area (Å²) in [6, 6.07) is -1.93. The Morgan fingerprint density at radius 3 is 1.84 bits per heavy atom. The van der Waals surface area contributed by atoms with Crippen LogP contribution in [0.3, 0.4) is 0 Å². The van der Waals surface area contributed by atoms with Crippen LogP contribution in [0, 0.1) is 0 Å². The summed E-state index contributed by atoms with van der Waals surface area (Å²) in [5.74, 6) is -0.670. The summed E-state index contributed by atoms with van der Waals surface area (Å²) in [4.78, 5) is 39.4. The largest absolute Gasteiger partial charge is 0.447 e. The van der Waals surface area contributed by atoms with Gasteiger partial charge in [-0.05, 0) is 12.8 Å². The van der Waals surface area contributed by atoms with E-state index in [0.29, 0.717) is 6.54 Å². The van der Waals surface area contributed by atoms with Gasteiger partial charge in [-0.15, -0.1) is 0 Å². The van der Waals surface area contributed by atoms with Crippen molar-refractivity contribution < 1.29 is 39.2 Å². The van der Waals surface area contributed by atoms with Crippen LogP contribution in [0.2, 0.25) is 0 Å². The lowest BCUT2D eigenvalue weighted by Crippen LogP contribution is -2.66. The third-order valence-corrected chi connectivity index (χ3v) is 9.03. The molecule has 2 rings (SSSR count). The third-order valence-electron chi connectivity index (χ3n) is 9.03. The Morgan fingerprint density at radius 2 is 1.29 bits per heavy atom. The summed E-state index contributed by atoms with van der Waals surface area (Å²) in [6.07, 6.45) is 15.6. The topological polar surface area (TPSA) is 158 Å². The minimum atomic E-state index is -1.62. The number of hydrogen-bond donors (Lipinski definition) is 5. The number of unbranched alkanes of at least 4 members (excludes halogenated alkanes) is 17. The molecule has 11 heteroatoms. The number of aliphatic hydroxyl groups is 3. The van der Waals surface area contributed by atoms with Gasteiger partial charge in [0.15, 0.2) is 6.23 Å². The van der Waals surface area contributed by atoms with E-state index < -0.39 is 48.6 Å². The van der Waals surface area contributed by atoms with Crippen molar-refractivity contribution in [2.24, 2.45) is 0 Å². The molecule has 2 heterocycles. The fourth-order valence-electron chi connectivity index (χ4n) is 6.13. The zero-order valence-corrected chi connectivity index (χ0v) is 28.1. The molecule has 0 saturated carbocycles. The van der Waals surface area contributed by atoms with E-state index in [2.05, 4.69) is 24.5 Å². The minimum Gasteiger partial charge on any atom is -0.447 e. The van der Waals surface area contributed by atoms with Crippen LogP contribution in [0.1, 0.15) is 142 Å². The van der Waals surface area contributed by atoms with Gasteiger partial charge in [0.05, 0.1) is 6.61 Å². The third kappa shape index (κ3) is 14.6. The Labute approximate surface area is 271 Å². The first-order valence-corrected chi connectivity index (χ1v) is 18.0. The second kappa shape index (κ2) is 23.4. The predicted molar refractivity (Wildman–Crippen MR) is 173 cm³/mol. The first kappa shape index (κ1) is 39.2. The monoisotopic (exact) mass is 641 g/mol. The van der Waals surface area contributed by atoms with Crippen molar-refractivity contribution in [3.63, 3.8) is 0 Å². The molecule has 45 heavy (non-hydrogen) atoms. The first-order chi connectivity index (χ1) is 21.8. The smallest absolute Gasteiger partial charge is 0.412 e. The zero-order valence-electron chi connectivity index (χ0n) is 28.1. The highest BCUT2D eigenvalue weighted by atomic mass is 16.6. The molecule has 2 aliphatic heterocycles. The normalized spacial score (nSPS) is 23.4. The van der Waals surface area contributed by atoms with Crippen LogP contribution in [0.15, 0.2) is 0 Å². The maximum atomic E-state index is 13.2. The second-order valence-electron chi connectivity index (χ2n) is 12.9. The molecule has 2 saturated heterocycles. The van der Waals surface area contributed by atoms with Gasteiger partial charge in [-0.25, -0.2) is 4.79 Å². The van der Waals surface area contributed by atoms with Gasteiger partial charge in [-0.2, -0.15) is 0 Å². The van der Waals surface area contributed by atoms with Gasteiger partial charge in [0.25, 0.3) is 0 Å².